The molecule has 0 aliphatic carbocycles. The highest BCUT2D eigenvalue weighted by atomic mass is 35.5. The molecule has 2 aromatic heterocycles. The molecule has 3 aromatic rings. The summed E-state index contributed by atoms with van der Waals surface area (Å²) in [4.78, 5) is 31.6. The third-order valence-electron chi connectivity index (χ3n) is 5.74. The average Bonchev–Trinajstić information content (AvgIpc) is 3.26. The van der Waals surface area contributed by atoms with E-state index in [1.54, 1.807) is 42.6 Å². The average molecular weight is 533 g/mol. The Bertz CT molecular complexity index is 1260. The van der Waals surface area contributed by atoms with Gasteiger partial charge in [-0.1, -0.05) is 23.2 Å². The number of fused-ring (bicyclic) bond motifs is 1. The van der Waals surface area contributed by atoms with Gasteiger partial charge in [-0.05, 0) is 35.4 Å². The van der Waals surface area contributed by atoms with Gasteiger partial charge in [-0.25, -0.2) is 0 Å². The van der Waals surface area contributed by atoms with Crippen molar-refractivity contribution in [2.75, 3.05) is 33.8 Å². The lowest BCUT2D eigenvalue weighted by molar-refractivity contribution is -0.125. The van der Waals surface area contributed by atoms with Gasteiger partial charge >= 0.3 is 0 Å². The van der Waals surface area contributed by atoms with Gasteiger partial charge in [-0.3, -0.25) is 14.6 Å². The van der Waals surface area contributed by atoms with Gasteiger partial charge in [-0.15, -0.1) is 11.3 Å². The summed E-state index contributed by atoms with van der Waals surface area (Å²) in [5.74, 6) is -0.200. The molecule has 10 heteroatoms. The minimum atomic E-state index is -0.200. The minimum Gasteiger partial charge on any atom is -0.375 e. The first-order valence-electron chi connectivity index (χ1n) is 11.1. The lowest BCUT2D eigenvalue weighted by Crippen LogP contribution is -2.39. The number of carbonyl (C=O) groups is 2. The summed E-state index contributed by atoms with van der Waals surface area (Å²) < 4.78 is 6.93. The van der Waals surface area contributed by atoms with Crippen LogP contribution in [0.4, 0.5) is 0 Å². The second-order valence-electron chi connectivity index (χ2n) is 8.38. The van der Waals surface area contributed by atoms with Crippen molar-refractivity contribution in [3.63, 3.8) is 0 Å². The summed E-state index contributed by atoms with van der Waals surface area (Å²) >= 11 is 14.7. The topological polar surface area (TPSA) is 74.8 Å². The van der Waals surface area contributed by atoms with Gasteiger partial charge in [0.15, 0.2) is 0 Å². The van der Waals surface area contributed by atoms with Crippen molar-refractivity contribution in [3.8, 4) is 11.1 Å². The number of benzene rings is 1. The van der Waals surface area contributed by atoms with Crippen LogP contribution in [0.15, 0.2) is 42.7 Å². The van der Waals surface area contributed by atoms with Crippen molar-refractivity contribution >= 4 is 57.1 Å². The number of morpholine rings is 1. The van der Waals surface area contributed by atoms with E-state index in [2.05, 4.69) is 10.3 Å². The Hall–Kier alpha value is -2.49. The molecule has 7 nitrogen and oxygen atoms in total. The van der Waals surface area contributed by atoms with Crippen molar-refractivity contribution in [1.82, 2.24) is 20.1 Å². The van der Waals surface area contributed by atoms with E-state index in [-0.39, 0.29) is 12.0 Å². The molecular weight excluding hydrogens is 507 g/mol. The van der Waals surface area contributed by atoms with Crippen LogP contribution in [0.1, 0.15) is 10.4 Å². The van der Waals surface area contributed by atoms with Crippen molar-refractivity contribution in [3.05, 3.63) is 63.2 Å². The number of nitrogens with zero attached hydrogens (tertiary/aromatic N) is 3. The van der Waals surface area contributed by atoms with Gasteiger partial charge in [0.05, 0.1) is 29.5 Å². The zero-order valence-electron chi connectivity index (χ0n) is 19.5. The molecule has 35 heavy (non-hydrogen) atoms. The van der Waals surface area contributed by atoms with Crippen LogP contribution in [-0.2, 0) is 27.3 Å². The molecule has 2 amide bonds. The molecule has 3 heterocycles. The first kappa shape index (κ1) is 25.6. The molecule has 1 fully saturated rings. The lowest BCUT2D eigenvalue weighted by Gasteiger charge is -2.25. The van der Waals surface area contributed by atoms with Gasteiger partial charge in [-0.2, -0.15) is 0 Å². The number of ether oxygens (including phenoxy) is 1. The fraction of sp³-hybridized carbons (Fsp3) is 0.320. The number of likely N-dealkylation sites (N-methyl/N-ethyl adjacent to an activating group) is 1. The Balaban J connectivity index is 1.65. The van der Waals surface area contributed by atoms with Crippen LogP contribution in [-0.4, -0.2) is 67.0 Å². The summed E-state index contributed by atoms with van der Waals surface area (Å²) in [5.41, 5.74) is 3.79. The Labute approximate surface area is 218 Å². The second-order valence-corrected chi connectivity index (χ2v) is 10.4. The maximum Gasteiger partial charge on any atom is 0.248 e. The number of amides is 2. The molecule has 4 rings (SSSR count). The van der Waals surface area contributed by atoms with Gasteiger partial charge in [0, 0.05) is 72.6 Å². The van der Waals surface area contributed by atoms with E-state index < -0.39 is 0 Å². The number of nitrogens with one attached hydrogen (secondary N) is 1. The first-order valence-corrected chi connectivity index (χ1v) is 12.7. The number of carbonyl (C=O) groups excluding carboxylic acids is 2. The number of hydrogen-bond donors (Lipinski definition) is 1. The number of halogens is 2. The lowest BCUT2D eigenvalue weighted by atomic mass is 9.95. The van der Waals surface area contributed by atoms with Gasteiger partial charge in [0.25, 0.3) is 0 Å². The van der Waals surface area contributed by atoms with Crippen LogP contribution in [0.5, 0.6) is 0 Å². The van der Waals surface area contributed by atoms with E-state index in [1.165, 1.54) is 17.2 Å². The quantitative estimate of drug-likeness (QED) is 0.344. The summed E-state index contributed by atoms with van der Waals surface area (Å²) in [5, 5.41) is 4.54. The van der Waals surface area contributed by atoms with Crippen LogP contribution in [0.3, 0.4) is 0 Å². The molecule has 1 aliphatic rings. The highest BCUT2D eigenvalue weighted by molar-refractivity contribution is 7.19. The normalized spacial score (nSPS) is 16.1. The van der Waals surface area contributed by atoms with Gasteiger partial charge < -0.3 is 19.9 Å². The Kier molecular flexibility index (Phi) is 8.41. The van der Waals surface area contributed by atoms with Gasteiger partial charge in [0.2, 0.25) is 12.3 Å². The first-order chi connectivity index (χ1) is 16.9. The molecule has 0 radical (unpaired) electrons. The number of pyridine rings is 1. The standard InChI is InChI=1S/C25H26Cl2N4O3S/c1-30(15-32)7-4-24(33)31(2)14-18-12-23-25(35-18)19(3-5-29-23)20-9-16(26)10-22(27)21(20)11-17-13-28-6-8-34-17/h3-5,7,9-10,12,15,17,28H,6,8,11,13-14H2,1-2H3/b7-4-. The summed E-state index contributed by atoms with van der Waals surface area (Å²) in [6.45, 7) is 2.71. The van der Waals surface area contributed by atoms with Crippen LogP contribution in [0.25, 0.3) is 21.3 Å². The molecule has 184 valence electrons. The Morgan fingerprint density at radius 3 is 2.86 bits per heavy atom. The zero-order valence-corrected chi connectivity index (χ0v) is 21.8. The molecule has 1 atom stereocenters. The van der Waals surface area contributed by atoms with E-state index in [4.69, 9.17) is 27.9 Å². The zero-order chi connectivity index (χ0) is 24.9. The molecular formula is C25H26Cl2N4O3S. The summed E-state index contributed by atoms with van der Waals surface area (Å²) in [6.07, 6.45) is 5.91. The SMILES string of the molecule is CN(C=O)/C=C\C(=O)N(C)Cc1cc2nccc(-c3cc(Cl)cc(Cl)c3CC3CNCCO3)c2s1. The largest absolute Gasteiger partial charge is 0.375 e. The number of hydrogen-bond acceptors (Lipinski definition) is 6. The fourth-order valence-corrected chi connectivity index (χ4v) is 5.73. The maximum absolute atomic E-state index is 12.4. The van der Waals surface area contributed by atoms with Crippen molar-refractivity contribution < 1.29 is 14.3 Å². The van der Waals surface area contributed by atoms with Crippen molar-refractivity contribution in [2.24, 2.45) is 0 Å². The molecule has 1 N–H and O–H groups in total. The summed E-state index contributed by atoms with van der Waals surface area (Å²) in [6, 6.07) is 7.68. The predicted molar refractivity (Wildman–Crippen MR) is 141 cm³/mol. The Morgan fingerprint density at radius 1 is 1.29 bits per heavy atom. The van der Waals surface area contributed by atoms with E-state index >= 15 is 0 Å². The highest BCUT2D eigenvalue weighted by Gasteiger charge is 2.21. The molecule has 1 aliphatic heterocycles. The number of thiophene rings is 1. The third kappa shape index (κ3) is 6.20. The molecule has 1 saturated heterocycles. The molecule has 0 spiro atoms. The van der Waals surface area contributed by atoms with Crippen LogP contribution >= 0.6 is 34.5 Å². The van der Waals surface area contributed by atoms with Crippen molar-refractivity contribution in [1.29, 1.82) is 0 Å². The number of aromatic nitrogens is 1. The van der Waals surface area contributed by atoms with Crippen LogP contribution < -0.4 is 5.32 Å². The fourth-order valence-electron chi connectivity index (χ4n) is 3.96. The smallest absolute Gasteiger partial charge is 0.248 e. The van der Waals surface area contributed by atoms with E-state index in [1.807, 2.05) is 18.2 Å². The molecule has 0 saturated carbocycles. The molecule has 1 aromatic carbocycles. The third-order valence-corrected chi connectivity index (χ3v) is 7.44. The van der Waals surface area contributed by atoms with E-state index in [9.17, 15) is 9.59 Å². The molecule has 0 bridgehead atoms. The van der Waals surface area contributed by atoms with Crippen LogP contribution in [0.2, 0.25) is 10.0 Å². The van der Waals surface area contributed by atoms with Crippen molar-refractivity contribution in [2.45, 2.75) is 19.1 Å². The maximum atomic E-state index is 12.4. The number of rotatable bonds is 8. The van der Waals surface area contributed by atoms with E-state index in [0.717, 1.165) is 44.9 Å². The highest BCUT2D eigenvalue weighted by Crippen LogP contribution is 2.40. The second kappa shape index (κ2) is 11.5. The van der Waals surface area contributed by atoms with Crippen LogP contribution in [0, 0.1) is 0 Å². The predicted octanol–water partition coefficient (Wildman–Crippen LogP) is 4.36. The Morgan fingerprint density at radius 2 is 2.11 bits per heavy atom. The van der Waals surface area contributed by atoms with E-state index in [0.29, 0.717) is 36.0 Å². The summed E-state index contributed by atoms with van der Waals surface area (Å²) in [7, 11) is 3.29. The minimum absolute atomic E-state index is 0.0309. The van der Waals surface area contributed by atoms with Gasteiger partial charge in [0.1, 0.15) is 0 Å². The monoisotopic (exact) mass is 532 g/mol. The molecule has 1 unspecified atom stereocenters.